The van der Waals surface area contributed by atoms with Crippen LogP contribution in [0.15, 0.2) is 83.9 Å². The number of nitrogens with zero attached hydrogens (tertiary/aromatic N) is 8. The number of fused-ring (bicyclic) bond motifs is 1. The Bertz CT molecular complexity index is 2860. The summed E-state index contributed by atoms with van der Waals surface area (Å²) in [5.74, 6) is -1.14. The molecule has 4 N–H and O–H groups in total. The Labute approximate surface area is 398 Å². The number of hydrogen-bond acceptors (Lipinski definition) is 16. The van der Waals surface area contributed by atoms with Gasteiger partial charge in [0.1, 0.15) is 23.9 Å². The van der Waals surface area contributed by atoms with E-state index >= 15 is 0 Å². The number of amides is 5. The van der Waals surface area contributed by atoms with Crippen LogP contribution in [0, 0.1) is 5.92 Å². The van der Waals surface area contributed by atoms with E-state index in [1.165, 1.54) is 42.1 Å². The monoisotopic (exact) mass is 962 g/mol. The summed E-state index contributed by atoms with van der Waals surface area (Å²) in [4.78, 5) is 72.6. The number of oxazole rings is 1. The molecule has 2 aromatic carbocycles. The van der Waals surface area contributed by atoms with Crippen LogP contribution in [0.1, 0.15) is 80.3 Å². The van der Waals surface area contributed by atoms with Crippen LogP contribution in [0.5, 0.6) is 5.75 Å². The van der Waals surface area contributed by atoms with Gasteiger partial charge in [-0.15, -0.1) is 5.10 Å². The summed E-state index contributed by atoms with van der Waals surface area (Å²) in [5, 5.41) is 23.4. The normalized spacial score (nSPS) is 15.7. The van der Waals surface area contributed by atoms with Crippen LogP contribution in [0.4, 0.5) is 20.3 Å². The molecule has 3 aliphatic rings. The van der Waals surface area contributed by atoms with Crippen molar-refractivity contribution in [2.75, 3.05) is 56.8 Å². The molecule has 1 saturated heterocycles. The van der Waals surface area contributed by atoms with Gasteiger partial charge >= 0.3 is 0 Å². The lowest BCUT2D eigenvalue weighted by molar-refractivity contribution is -0.136. The molecule has 6 aromatic rings. The van der Waals surface area contributed by atoms with Gasteiger partial charge in [0.15, 0.2) is 11.4 Å². The maximum atomic E-state index is 14.1. The van der Waals surface area contributed by atoms with Crippen molar-refractivity contribution < 1.29 is 51.4 Å². The van der Waals surface area contributed by atoms with Gasteiger partial charge in [-0.25, -0.2) is 28.1 Å². The van der Waals surface area contributed by atoms with E-state index in [9.17, 15) is 32.8 Å². The predicted molar refractivity (Wildman–Crippen MR) is 243 cm³/mol. The van der Waals surface area contributed by atoms with Crippen LogP contribution < -0.4 is 26.0 Å². The molecule has 5 amide bonds. The lowest BCUT2D eigenvalue weighted by Crippen LogP contribution is -2.54. The number of alkyl halides is 2. The average Bonchev–Trinajstić information content (AvgIpc) is 3.62. The molecule has 1 atom stereocenters. The summed E-state index contributed by atoms with van der Waals surface area (Å²) in [6, 6.07) is 14.2. The second kappa shape index (κ2) is 21.7. The first-order valence-electron chi connectivity index (χ1n) is 22.7. The smallest absolute Gasteiger partial charge is 0.284 e. The maximum Gasteiger partial charge on any atom is 0.284 e. The van der Waals surface area contributed by atoms with Crippen molar-refractivity contribution in [1.82, 2.24) is 50.3 Å². The molecular weight excluding hydrogens is 915 g/mol. The first kappa shape index (κ1) is 47.3. The first-order valence-corrected chi connectivity index (χ1v) is 22.7. The molecule has 6 heterocycles. The van der Waals surface area contributed by atoms with E-state index in [4.69, 9.17) is 18.6 Å². The van der Waals surface area contributed by atoms with Crippen molar-refractivity contribution >= 4 is 41.0 Å². The van der Waals surface area contributed by atoms with Gasteiger partial charge in [0, 0.05) is 44.2 Å². The number of imide groups is 2. The highest BCUT2D eigenvalue weighted by molar-refractivity contribution is 6.23. The maximum absolute atomic E-state index is 14.1. The number of carbonyl (C=O) groups excluding carboxylic acids is 5. The van der Waals surface area contributed by atoms with Gasteiger partial charge in [0.25, 0.3) is 24.1 Å². The number of nitrogens with one attached hydrogen (secondary N) is 4. The van der Waals surface area contributed by atoms with Gasteiger partial charge in [-0.1, -0.05) is 17.3 Å². The van der Waals surface area contributed by atoms with Crippen molar-refractivity contribution in [2.24, 2.45) is 5.92 Å². The summed E-state index contributed by atoms with van der Waals surface area (Å²) >= 11 is 0. The number of piperidine rings is 1. The second-order valence-corrected chi connectivity index (χ2v) is 16.7. The van der Waals surface area contributed by atoms with Gasteiger partial charge in [0.2, 0.25) is 17.7 Å². The first-order chi connectivity index (χ1) is 34.1. The second-order valence-electron chi connectivity index (χ2n) is 16.7. The number of carbonyl (C=O) groups is 5. The molecule has 21 nitrogen and oxygen atoms in total. The van der Waals surface area contributed by atoms with E-state index in [2.05, 4.69) is 46.6 Å². The predicted octanol–water partition coefficient (Wildman–Crippen LogP) is 4.37. The molecule has 0 spiro atoms. The zero-order chi connectivity index (χ0) is 48.6. The number of pyridine rings is 1. The van der Waals surface area contributed by atoms with Crippen LogP contribution in [0.2, 0.25) is 0 Å². The quantitative estimate of drug-likeness (QED) is 0.0486. The molecule has 0 radical (unpaired) electrons. The summed E-state index contributed by atoms with van der Waals surface area (Å²) < 4.78 is 54.0. The zero-order valence-electron chi connectivity index (χ0n) is 37.6. The molecule has 1 aliphatic carbocycles. The molecule has 9 rings (SSSR count). The zero-order valence-corrected chi connectivity index (χ0v) is 37.6. The number of benzene rings is 2. The Morgan fingerprint density at radius 3 is 2.54 bits per heavy atom. The van der Waals surface area contributed by atoms with Crippen LogP contribution in [-0.2, 0) is 38.6 Å². The number of hydrogen-bond donors (Lipinski definition) is 4. The number of ether oxygens (including phenoxy) is 3. The van der Waals surface area contributed by atoms with Crippen LogP contribution in [0.3, 0.4) is 0 Å². The van der Waals surface area contributed by atoms with Crippen molar-refractivity contribution in [3.8, 4) is 22.9 Å². The molecule has 2 fully saturated rings. The van der Waals surface area contributed by atoms with E-state index in [-0.39, 0.29) is 47.8 Å². The third-order valence-corrected chi connectivity index (χ3v) is 11.7. The Hall–Kier alpha value is -7.76. The highest BCUT2D eigenvalue weighted by atomic mass is 19.3. The standard InChI is InChI=1S/C47H48F2N12O9/c48-42(49)41-36(54-43(63)37-27-70-45(55-37)30-11-13-51-39(21-30)52-24-29-1-2-29)26-60(57-41)31-5-3-28(4-6-31)23-50-14-17-67-19-20-68-18-15-59-32(25-53-58-59)12-16-69-33-7-8-34-35(22-33)47(66)61(46(34)65)38-9-10-40(62)56-44(38)64/h3-8,11,13,21-22,25-27,29,38,42,50H,1-2,9-10,12,14-20,23-24H2,(H,51,52)(H,54,63)(H,56,62,64). The summed E-state index contributed by atoms with van der Waals surface area (Å²) in [6.45, 7) is 4.18. The van der Waals surface area contributed by atoms with E-state index in [1.54, 1.807) is 47.4 Å². The number of aromatic nitrogens is 7. The Morgan fingerprint density at radius 1 is 0.929 bits per heavy atom. The molecule has 23 heteroatoms. The number of rotatable bonds is 24. The van der Waals surface area contributed by atoms with Crippen molar-refractivity contribution in [2.45, 2.75) is 57.7 Å². The number of anilines is 2. The van der Waals surface area contributed by atoms with Crippen LogP contribution >= 0.6 is 0 Å². The number of halogens is 2. The lowest BCUT2D eigenvalue weighted by Gasteiger charge is -2.27. The fourth-order valence-electron chi connectivity index (χ4n) is 7.80. The summed E-state index contributed by atoms with van der Waals surface area (Å²) in [7, 11) is 0. The molecule has 2 aliphatic heterocycles. The minimum Gasteiger partial charge on any atom is -0.493 e. The molecule has 4 aromatic heterocycles. The average molecular weight is 963 g/mol. The highest BCUT2D eigenvalue weighted by Crippen LogP contribution is 2.32. The molecule has 1 saturated carbocycles. The van der Waals surface area contributed by atoms with Crippen LogP contribution in [0.25, 0.3) is 17.1 Å². The Balaban J connectivity index is 0.647. The van der Waals surface area contributed by atoms with Crippen LogP contribution in [-0.4, -0.2) is 121 Å². The van der Waals surface area contributed by atoms with Crippen molar-refractivity contribution in [3.63, 3.8) is 0 Å². The van der Waals surface area contributed by atoms with E-state index in [1.807, 2.05) is 12.1 Å². The van der Waals surface area contributed by atoms with Gasteiger partial charge in [-0.3, -0.25) is 34.2 Å². The minimum absolute atomic E-state index is 0.0392. The third-order valence-electron chi connectivity index (χ3n) is 11.7. The molecular formula is C47H48F2N12O9. The van der Waals surface area contributed by atoms with E-state index < -0.39 is 47.7 Å². The highest BCUT2D eigenvalue weighted by Gasteiger charge is 2.44. The third kappa shape index (κ3) is 11.4. The summed E-state index contributed by atoms with van der Waals surface area (Å²) in [5.41, 5.74) is 2.37. The SMILES string of the molecule is O=C1CCC(N2C(=O)c3ccc(OCCc4cnnn4CCOCCOCCNCc4ccc(-n5cc(NC(=O)c6coc(-c7ccnc(NCC8CC8)c7)n6)c(C(F)F)n5)cc4)cc3C2=O)C(=O)N1. The van der Waals surface area contributed by atoms with E-state index in [0.717, 1.165) is 22.7 Å². The fraction of sp³-hybridized carbons (Fsp3) is 0.362. The Morgan fingerprint density at radius 2 is 1.74 bits per heavy atom. The summed E-state index contributed by atoms with van der Waals surface area (Å²) in [6.07, 6.45) is 5.75. The van der Waals surface area contributed by atoms with Gasteiger partial charge in [0.05, 0.1) is 80.2 Å². The topological polar surface area (TPSA) is 252 Å². The fourth-order valence-corrected chi connectivity index (χ4v) is 7.80. The molecule has 70 heavy (non-hydrogen) atoms. The lowest BCUT2D eigenvalue weighted by atomic mass is 10.0. The van der Waals surface area contributed by atoms with E-state index in [0.29, 0.717) is 81.2 Å². The molecule has 364 valence electrons. The van der Waals surface area contributed by atoms with Gasteiger partial charge in [-0.2, -0.15) is 5.10 Å². The van der Waals surface area contributed by atoms with Crippen molar-refractivity contribution in [3.05, 3.63) is 113 Å². The van der Waals surface area contributed by atoms with Gasteiger partial charge < -0.3 is 34.6 Å². The molecule has 1 unspecified atom stereocenters. The van der Waals surface area contributed by atoms with Gasteiger partial charge in [-0.05, 0) is 73.2 Å². The largest absolute Gasteiger partial charge is 0.493 e. The van der Waals surface area contributed by atoms with Crippen molar-refractivity contribution in [1.29, 1.82) is 0 Å². The minimum atomic E-state index is -2.95. The molecule has 0 bridgehead atoms. The Kier molecular flexibility index (Phi) is 14.7.